The van der Waals surface area contributed by atoms with E-state index in [0.29, 0.717) is 24.6 Å². The molecule has 2 fully saturated rings. The van der Waals surface area contributed by atoms with E-state index in [1.54, 1.807) is 6.92 Å². The van der Waals surface area contributed by atoms with Crippen LogP contribution in [0.3, 0.4) is 0 Å². The molecule has 1 aromatic carbocycles. The van der Waals surface area contributed by atoms with E-state index in [1.807, 2.05) is 25.7 Å². The van der Waals surface area contributed by atoms with Crippen molar-refractivity contribution in [1.82, 2.24) is 15.5 Å². The van der Waals surface area contributed by atoms with Gasteiger partial charge in [0.2, 0.25) is 11.8 Å². The molecule has 1 saturated heterocycles. The Balaban J connectivity index is 0.000000609. The Labute approximate surface area is 241 Å². The number of nitrogens with zero attached hydrogens (tertiary/aromatic N) is 1. The van der Waals surface area contributed by atoms with E-state index in [0.717, 1.165) is 70.5 Å². The van der Waals surface area contributed by atoms with Gasteiger partial charge < -0.3 is 20.6 Å². The van der Waals surface area contributed by atoms with Gasteiger partial charge in [0.25, 0.3) is 0 Å². The van der Waals surface area contributed by atoms with Gasteiger partial charge in [0.1, 0.15) is 11.6 Å². The summed E-state index contributed by atoms with van der Waals surface area (Å²) >= 11 is 0. The number of amides is 2. The van der Waals surface area contributed by atoms with Crippen molar-refractivity contribution in [3.05, 3.63) is 35.4 Å². The highest BCUT2D eigenvalue weighted by atomic mass is 19.1. The fourth-order valence-corrected chi connectivity index (χ4v) is 5.57. The van der Waals surface area contributed by atoms with E-state index in [2.05, 4.69) is 24.5 Å². The molecule has 1 heterocycles. The van der Waals surface area contributed by atoms with Crippen LogP contribution >= 0.6 is 0 Å². The number of aryl methyl sites for hydroxylation is 1. The Kier molecular flexibility index (Phi) is 17.9. The summed E-state index contributed by atoms with van der Waals surface area (Å²) in [7, 11) is 0. The van der Waals surface area contributed by atoms with E-state index in [4.69, 9.17) is 0 Å². The molecule has 4 unspecified atom stereocenters. The normalized spacial score (nSPS) is 20.6. The van der Waals surface area contributed by atoms with E-state index >= 15 is 0 Å². The van der Waals surface area contributed by atoms with Crippen LogP contribution in [0.25, 0.3) is 0 Å². The van der Waals surface area contributed by atoms with Gasteiger partial charge in [-0.2, -0.15) is 0 Å². The average Bonchev–Trinajstić information content (AvgIpc) is 3.26. The lowest BCUT2D eigenvalue weighted by Crippen LogP contribution is -2.49. The van der Waals surface area contributed by atoms with Gasteiger partial charge in [0, 0.05) is 25.7 Å². The number of hydrogen-bond acceptors (Lipinski definition) is 4. The van der Waals surface area contributed by atoms with E-state index in [1.165, 1.54) is 18.6 Å². The summed E-state index contributed by atoms with van der Waals surface area (Å²) in [5, 5.41) is 16.6. The molecule has 3 N–H and O–H groups in total. The maximum atomic E-state index is 13.2. The molecule has 2 amide bonds. The van der Waals surface area contributed by atoms with Gasteiger partial charge >= 0.3 is 0 Å². The molecule has 2 aliphatic rings. The summed E-state index contributed by atoms with van der Waals surface area (Å²) in [5.74, 6) is -1.06. The number of likely N-dealkylation sites (tertiary alicyclic amines) is 1. The van der Waals surface area contributed by atoms with Crippen molar-refractivity contribution < 1.29 is 23.5 Å². The number of halogens is 2. The standard InChI is InChI=1S/C23H43N3O3.C7H6F2.C2H6/c1-4-6-10-14-26-16-19(21(23(26)29)18-11-8-7-9-12-18)22(28)25-17(3)20(27)15-24-13-5-2;1-5-2-6(8)4-7(9)3-5;1-2/h17-21,24,27H,4-16H2,1-3H3,(H,25,28);2-4H,1H3;1-2H3. The minimum absolute atomic E-state index is 0.0612. The molecule has 8 heteroatoms. The van der Waals surface area contributed by atoms with Gasteiger partial charge in [0.05, 0.1) is 24.0 Å². The predicted octanol–water partition coefficient (Wildman–Crippen LogP) is 6.00. The molecular formula is C32H55F2N3O3. The summed E-state index contributed by atoms with van der Waals surface area (Å²) in [4.78, 5) is 28.3. The second kappa shape index (κ2) is 19.9. The van der Waals surface area contributed by atoms with Crippen LogP contribution in [0, 0.1) is 36.3 Å². The van der Waals surface area contributed by atoms with Gasteiger partial charge in [-0.05, 0) is 69.7 Å². The minimum atomic E-state index is -0.628. The SMILES string of the molecule is CC.CCCCCN1CC(C(=O)NC(C)C(O)CNCCC)C(C2CCCCC2)C1=O.Cc1cc(F)cc(F)c1. The zero-order chi connectivity index (χ0) is 30.1. The summed E-state index contributed by atoms with van der Waals surface area (Å²) in [6.07, 6.45) is 9.31. The number of aliphatic hydroxyl groups excluding tert-OH is 1. The molecule has 1 aromatic rings. The summed E-state index contributed by atoms with van der Waals surface area (Å²) < 4.78 is 24.4. The zero-order valence-corrected chi connectivity index (χ0v) is 25.8. The molecule has 1 aliphatic heterocycles. The molecule has 1 aliphatic carbocycles. The van der Waals surface area contributed by atoms with E-state index < -0.39 is 17.7 Å². The molecule has 4 atom stereocenters. The Morgan fingerprint density at radius 3 is 2.23 bits per heavy atom. The summed E-state index contributed by atoms with van der Waals surface area (Å²) in [6.45, 7) is 14.4. The third-order valence-corrected chi connectivity index (χ3v) is 7.71. The van der Waals surface area contributed by atoms with Gasteiger partial charge in [-0.25, -0.2) is 8.78 Å². The van der Waals surface area contributed by atoms with Gasteiger partial charge in [-0.15, -0.1) is 0 Å². The van der Waals surface area contributed by atoms with Crippen molar-refractivity contribution in [3.8, 4) is 0 Å². The lowest BCUT2D eigenvalue weighted by molar-refractivity contribution is -0.136. The number of carbonyl (C=O) groups is 2. The highest BCUT2D eigenvalue weighted by Crippen LogP contribution is 2.39. The van der Waals surface area contributed by atoms with Crippen LogP contribution in [0.4, 0.5) is 8.78 Å². The summed E-state index contributed by atoms with van der Waals surface area (Å²) in [5.41, 5.74) is 0.604. The summed E-state index contributed by atoms with van der Waals surface area (Å²) in [6, 6.07) is 3.09. The fraction of sp³-hybridized carbons (Fsp3) is 0.750. The number of hydrogen-bond donors (Lipinski definition) is 3. The first-order chi connectivity index (χ1) is 19.2. The molecular weight excluding hydrogens is 512 g/mol. The average molecular weight is 568 g/mol. The molecule has 0 bridgehead atoms. The number of aliphatic hydroxyl groups is 1. The minimum Gasteiger partial charge on any atom is -0.390 e. The van der Waals surface area contributed by atoms with E-state index in [9.17, 15) is 23.5 Å². The first-order valence-corrected chi connectivity index (χ1v) is 15.6. The first-order valence-electron chi connectivity index (χ1n) is 15.6. The van der Waals surface area contributed by atoms with Crippen molar-refractivity contribution in [2.24, 2.45) is 17.8 Å². The molecule has 3 rings (SSSR count). The van der Waals surface area contributed by atoms with Crippen molar-refractivity contribution in [1.29, 1.82) is 0 Å². The lowest BCUT2D eigenvalue weighted by atomic mass is 9.75. The van der Waals surface area contributed by atoms with Crippen LogP contribution in [0.1, 0.15) is 98.0 Å². The van der Waals surface area contributed by atoms with Crippen LogP contribution in [0.5, 0.6) is 0 Å². The Morgan fingerprint density at radius 2 is 1.68 bits per heavy atom. The largest absolute Gasteiger partial charge is 0.390 e. The third-order valence-electron chi connectivity index (χ3n) is 7.71. The lowest BCUT2D eigenvalue weighted by Gasteiger charge is -2.30. The number of unbranched alkanes of at least 4 members (excludes halogenated alkanes) is 2. The van der Waals surface area contributed by atoms with Crippen LogP contribution in [-0.4, -0.2) is 60.1 Å². The molecule has 1 saturated carbocycles. The first kappa shape index (κ1) is 36.0. The molecule has 0 spiro atoms. The smallest absolute Gasteiger partial charge is 0.226 e. The number of benzene rings is 1. The molecule has 0 radical (unpaired) electrons. The van der Waals surface area contributed by atoms with Crippen LogP contribution in [-0.2, 0) is 9.59 Å². The topological polar surface area (TPSA) is 81.7 Å². The second-order valence-electron chi connectivity index (χ2n) is 11.0. The quantitative estimate of drug-likeness (QED) is 0.271. The van der Waals surface area contributed by atoms with Crippen LogP contribution in [0.15, 0.2) is 18.2 Å². The molecule has 0 aromatic heterocycles. The fourth-order valence-electron chi connectivity index (χ4n) is 5.57. The maximum absolute atomic E-state index is 13.2. The van der Waals surface area contributed by atoms with Crippen molar-refractivity contribution in [2.75, 3.05) is 26.2 Å². The second-order valence-corrected chi connectivity index (χ2v) is 11.0. The predicted molar refractivity (Wildman–Crippen MR) is 159 cm³/mol. The Bertz CT molecular complexity index is 813. The number of nitrogens with one attached hydrogen (secondary N) is 2. The highest BCUT2D eigenvalue weighted by molar-refractivity contribution is 5.91. The van der Waals surface area contributed by atoms with Crippen LogP contribution < -0.4 is 10.6 Å². The number of rotatable bonds is 12. The molecule has 40 heavy (non-hydrogen) atoms. The maximum Gasteiger partial charge on any atom is 0.226 e. The molecule has 6 nitrogen and oxygen atoms in total. The van der Waals surface area contributed by atoms with Gasteiger partial charge in [0.15, 0.2) is 0 Å². The third kappa shape index (κ3) is 12.2. The monoisotopic (exact) mass is 567 g/mol. The molecule has 230 valence electrons. The van der Waals surface area contributed by atoms with Crippen LogP contribution in [0.2, 0.25) is 0 Å². The highest BCUT2D eigenvalue weighted by Gasteiger charge is 2.48. The number of carbonyl (C=O) groups excluding carboxylic acids is 2. The Hall–Kier alpha value is -2.06. The Morgan fingerprint density at radius 1 is 1.05 bits per heavy atom. The van der Waals surface area contributed by atoms with Gasteiger partial charge in [-0.3, -0.25) is 9.59 Å². The van der Waals surface area contributed by atoms with Crippen molar-refractivity contribution in [3.63, 3.8) is 0 Å². The van der Waals surface area contributed by atoms with E-state index in [-0.39, 0.29) is 29.7 Å². The zero-order valence-electron chi connectivity index (χ0n) is 25.8. The van der Waals surface area contributed by atoms with Gasteiger partial charge in [-0.1, -0.05) is 59.8 Å². The van der Waals surface area contributed by atoms with Crippen molar-refractivity contribution in [2.45, 2.75) is 111 Å². The van der Waals surface area contributed by atoms with Crippen molar-refractivity contribution >= 4 is 11.8 Å².